The predicted octanol–water partition coefficient (Wildman–Crippen LogP) is 2.25. The fourth-order valence-corrected chi connectivity index (χ4v) is 4.88. The van der Waals surface area contributed by atoms with E-state index in [0.717, 1.165) is 30.8 Å². The van der Waals surface area contributed by atoms with Crippen LogP contribution in [0, 0.1) is 6.92 Å². The molecule has 4 rings (SSSR count). The van der Waals surface area contributed by atoms with E-state index in [-0.39, 0.29) is 10.9 Å². The van der Waals surface area contributed by atoms with E-state index in [1.807, 2.05) is 31.2 Å². The maximum atomic E-state index is 12.7. The molecule has 0 bridgehead atoms. The van der Waals surface area contributed by atoms with Gasteiger partial charge in [0.25, 0.3) is 0 Å². The van der Waals surface area contributed by atoms with Crippen molar-refractivity contribution in [3.63, 3.8) is 0 Å². The van der Waals surface area contributed by atoms with E-state index in [4.69, 9.17) is 4.42 Å². The molecule has 146 valence electrons. The first-order valence-electron chi connectivity index (χ1n) is 9.54. The minimum Gasteiger partial charge on any atom is -0.463 e. The third-order valence-corrected chi connectivity index (χ3v) is 6.88. The zero-order valence-corrected chi connectivity index (χ0v) is 16.7. The Morgan fingerprint density at radius 2 is 1.79 bits per heavy atom. The highest BCUT2D eigenvalue weighted by Gasteiger charge is 2.31. The predicted molar refractivity (Wildman–Crippen MR) is 107 cm³/mol. The van der Waals surface area contributed by atoms with Crippen LogP contribution in [0.5, 0.6) is 0 Å². The van der Waals surface area contributed by atoms with Gasteiger partial charge >= 0.3 is 0 Å². The minimum absolute atomic E-state index is 0.0800. The van der Waals surface area contributed by atoms with Gasteiger partial charge in [0.15, 0.2) is 11.8 Å². The van der Waals surface area contributed by atoms with E-state index in [1.54, 1.807) is 18.4 Å². The average molecular weight is 398 g/mol. The van der Waals surface area contributed by atoms with Crippen molar-refractivity contribution in [1.29, 1.82) is 0 Å². The highest BCUT2D eigenvalue weighted by molar-refractivity contribution is 7.89. The molecule has 6 heteroatoms. The molecule has 0 amide bonds. The van der Waals surface area contributed by atoms with Gasteiger partial charge in [-0.3, -0.25) is 0 Å². The van der Waals surface area contributed by atoms with Gasteiger partial charge in [-0.05, 0) is 36.8 Å². The van der Waals surface area contributed by atoms with Crippen LogP contribution >= 0.6 is 0 Å². The topological polar surface area (TPSA) is 63.8 Å². The molecule has 2 N–H and O–H groups in total. The van der Waals surface area contributed by atoms with Crippen LogP contribution in [0.2, 0.25) is 0 Å². The monoisotopic (exact) mass is 397 g/mol. The fraction of sp³-hybridized carbons (Fsp3) is 0.273. The molecule has 1 unspecified atom stereocenters. The molecular formula is C22H25N2O3S+. The summed E-state index contributed by atoms with van der Waals surface area (Å²) in [6, 6.07) is 19.1. The fourth-order valence-electron chi connectivity index (χ4n) is 3.83. The van der Waals surface area contributed by atoms with E-state index in [2.05, 4.69) is 29.0 Å². The van der Waals surface area contributed by atoms with Crippen molar-refractivity contribution in [2.75, 3.05) is 13.1 Å². The van der Waals surface area contributed by atoms with Crippen molar-refractivity contribution < 1.29 is 17.7 Å². The number of sulfonamides is 1. The first-order chi connectivity index (χ1) is 13.5. The van der Waals surface area contributed by atoms with Crippen LogP contribution in [-0.2, 0) is 23.0 Å². The lowest BCUT2D eigenvalue weighted by Gasteiger charge is -2.31. The van der Waals surface area contributed by atoms with Crippen LogP contribution in [0.25, 0.3) is 0 Å². The Balaban J connectivity index is 1.54. The second-order valence-electron chi connectivity index (χ2n) is 7.34. The van der Waals surface area contributed by atoms with Crippen LogP contribution in [0.4, 0.5) is 0 Å². The first-order valence-corrected chi connectivity index (χ1v) is 11.0. The Labute approximate surface area is 166 Å². The Morgan fingerprint density at radius 3 is 2.50 bits per heavy atom. The summed E-state index contributed by atoms with van der Waals surface area (Å²) in [5.41, 5.74) is 3.73. The standard InChI is InChI=1S/C22H24N2O3S/c1-17-8-10-20(11-9-17)28(25,26)23-15-21(22-7-4-14-27-22)24-13-12-18-5-2-3-6-19(18)16-24/h2-11,14,21,23H,12-13,15-16H2,1H3/p+1/t21-/m0/s1. The highest BCUT2D eigenvalue weighted by atomic mass is 32.2. The molecule has 2 atom stereocenters. The van der Waals surface area contributed by atoms with Crippen LogP contribution in [0.1, 0.15) is 28.5 Å². The highest BCUT2D eigenvalue weighted by Crippen LogP contribution is 2.17. The quantitative estimate of drug-likeness (QED) is 0.671. The molecule has 0 spiro atoms. The Kier molecular flexibility index (Phi) is 5.35. The molecule has 0 aliphatic carbocycles. The summed E-state index contributed by atoms with van der Waals surface area (Å²) in [5.74, 6) is 0.806. The van der Waals surface area contributed by atoms with E-state index in [9.17, 15) is 8.42 Å². The third kappa shape index (κ3) is 4.04. The Hall–Kier alpha value is -2.41. The van der Waals surface area contributed by atoms with Gasteiger partial charge in [-0.2, -0.15) is 0 Å². The van der Waals surface area contributed by atoms with Gasteiger partial charge in [0.1, 0.15) is 6.54 Å². The number of nitrogens with one attached hydrogen (secondary N) is 2. The molecule has 2 heterocycles. The van der Waals surface area contributed by atoms with E-state index >= 15 is 0 Å². The van der Waals surface area contributed by atoms with Gasteiger partial charge < -0.3 is 9.32 Å². The molecule has 2 aromatic carbocycles. The summed E-state index contributed by atoms with van der Waals surface area (Å²) in [6.07, 6.45) is 2.63. The van der Waals surface area contributed by atoms with Crippen molar-refractivity contribution in [3.05, 3.63) is 89.4 Å². The number of aryl methyl sites for hydroxylation is 1. The number of furan rings is 1. The van der Waals surface area contributed by atoms with Gasteiger partial charge in [0.05, 0.1) is 24.2 Å². The van der Waals surface area contributed by atoms with Crippen molar-refractivity contribution >= 4 is 10.0 Å². The summed E-state index contributed by atoms with van der Waals surface area (Å²) in [5, 5.41) is 0. The van der Waals surface area contributed by atoms with Gasteiger partial charge in [0, 0.05) is 12.0 Å². The summed E-state index contributed by atoms with van der Waals surface area (Å²) < 4.78 is 34.0. The molecule has 1 aliphatic rings. The summed E-state index contributed by atoms with van der Waals surface area (Å²) in [6.45, 7) is 4.03. The lowest BCUT2D eigenvalue weighted by Crippen LogP contribution is -3.12. The SMILES string of the molecule is Cc1ccc(S(=O)(=O)NC[C@@H](c2ccco2)[NH+]2CCc3ccccc3C2)cc1. The van der Waals surface area contributed by atoms with Gasteiger partial charge in [-0.25, -0.2) is 13.1 Å². The molecule has 0 fully saturated rings. The number of rotatable bonds is 6. The number of quaternary nitrogens is 1. The summed E-state index contributed by atoms with van der Waals surface area (Å²) in [4.78, 5) is 1.59. The Bertz CT molecular complexity index is 1030. The average Bonchev–Trinajstić information content (AvgIpc) is 3.23. The van der Waals surface area contributed by atoms with Gasteiger partial charge in [0.2, 0.25) is 10.0 Å². The molecular weight excluding hydrogens is 372 g/mol. The van der Waals surface area contributed by atoms with Crippen molar-refractivity contribution in [1.82, 2.24) is 4.72 Å². The molecule has 0 saturated heterocycles. The largest absolute Gasteiger partial charge is 0.463 e. The molecule has 0 saturated carbocycles. The van der Waals surface area contributed by atoms with Crippen LogP contribution in [-0.4, -0.2) is 21.5 Å². The number of hydrogen-bond donors (Lipinski definition) is 2. The van der Waals surface area contributed by atoms with Crippen molar-refractivity contribution in [2.24, 2.45) is 0 Å². The molecule has 28 heavy (non-hydrogen) atoms. The zero-order chi connectivity index (χ0) is 19.6. The molecule has 1 aliphatic heterocycles. The van der Waals surface area contributed by atoms with Gasteiger partial charge in [-0.15, -0.1) is 0 Å². The molecule has 1 aromatic heterocycles. The van der Waals surface area contributed by atoms with Gasteiger partial charge in [-0.1, -0.05) is 42.0 Å². The Morgan fingerprint density at radius 1 is 1.04 bits per heavy atom. The zero-order valence-electron chi connectivity index (χ0n) is 15.9. The maximum absolute atomic E-state index is 12.7. The maximum Gasteiger partial charge on any atom is 0.240 e. The molecule has 0 radical (unpaired) electrons. The van der Waals surface area contributed by atoms with Crippen LogP contribution < -0.4 is 9.62 Å². The lowest BCUT2D eigenvalue weighted by molar-refractivity contribution is -0.946. The minimum atomic E-state index is -3.57. The second kappa shape index (κ2) is 7.91. The first kappa shape index (κ1) is 18.9. The molecule has 5 nitrogen and oxygen atoms in total. The van der Waals surface area contributed by atoms with Crippen LogP contribution in [0.3, 0.4) is 0 Å². The molecule has 3 aromatic rings. The normalized spacial score (nSPS) is 17.8. The summed E-state index contributed by atoms with van der Waals surface area (Å²) >= 11 is 0. The summed E-state index contributed by atoms with van der Waals surface area (Å²) in [7, 11) is -3.57. The van der Waals surface area contributed by atoms with E-state index in [0.29, 0.717) is 6.54 Å². The van der Waals surface area contributed by atoms with Crippen molar-refractivity contribution in [3.8, 4) is 0 Å². The number of hydrogen-bond acceptors (Lipinski definition) is 3. The van der Waals surface area contributed by atoms with E-state index < -0.39 is 10.0 Å². The number of benzene rings is 2. The number of fused-ring (bicyclic) bond motifs is 1. The third-order valence-electron chi connectivity index (χ3n) is 5.44. The van der Waals surface area contributed by atoms with Crippen molar-refractivity contribution in [2.45, 2.75) is 30.8 Å². The smallest absolute Gasteiger partial charge is 0.240 e. The second-order valence-corrected chi connectivity index (χ2v) is 9.10. The lowest BCUT2D eigenvalue weighted by atomic mass is 9.98. The van der Waals surface area contributed by atoms with Crippen LogP contribution in [0.15, 0.2) is 76.2 Å². The van der Waals surface area contributed by atoms with E-state index in [1.165, 1.54) is 16.0 Å².